The highest BCUT2D eigenvalue weighted by atomic mass is 16.5. The van der Waals surface area contributed by atoms with Crippen LogP contribution in [-0.2, 0) is 0 Å². The number of carbonyl (C=O) groups excluding carboxylic acids is 1. The van der Waals surface area contributed by atoms with Crippen molar-refractivity contribution >= 4 is 5.78 Å². The Morgan fingerprint density at radius 3 is 2.27 bits per heavy atom. The molecule has 0 fully saturated rings. The van der Waals surface area contributed by atoms with Crippen LogP contribution in [0.2, 0.25) is 0 Å². The predicted molar refractivity (Wildman–Crippen MR) is 99.3 cm³/mol. The van der Waals surface area contributed by atoms with Crippen molar-refractivity contribution in [3.05, 3.63) is 72.1 Å². The Morgan fingerprint density at radius 1 is 1.04 bits per heavy atom. The molecule has 0 saturated carbocycles. The number of rotatable bonds is 6. The van der Waals surface area contributed by atoms with Crippen molar-refractivity contribution in [1.82, 2.24) is 9.97 Å². The molecular weight excluding hydrogens is 328 g/mol. The van der Waals surface area contributed by atoms with Gasteiger partial charge in [-0.2, -0.15) is 0 Å². The van der Waals surface area contributed by atoms with E-state index >= 15 is 0 Å². The molecule has 5 heteroatoms. The van der Waals surface area contributed by atoms with Crippen molar-refractivity contribution in [3.63, 3.8) is 0 Å². The number of aliphatic hydroxyl groups excluding tert-OH is 1. The molecule has 0 saturated heterocycles. The second kappa shape index (κ2) is 7.89. The second-order valence-electron chi connectivity index (χ2n) is 5.99. The average molecular weight is 348 g/mol. The summed E-state index contributed by atoms with van der Waals surface area (Å²) >= 11 is 0. The van der Waals surface area contributed by atoms with Crippen LogP contribution in [0.4, 0.5) is 0 Å². The zero-order valence-corrected chi connectivity index (χ0v) is 14.7. The van der Waals surface area contributed by atoms with E-state index in [1.165, 1.54) is 17.8 Å². The lowest BCUT2D eigenvalue weighted by molar-refractivity contribution is 0.0735. The van der Waals surface area contributed by atoms with E-state index in [4.69, 9.17) is 4.74 Å². The van der Waals surface area contributed by atoms with Gasteiger partial charge in [0.1, 0.15) is 23.3 Å². The van der Waals surface area contributed by atoms with Crippen LogP contribution in [0.25, 0.3) is 11.4 Å². The summed E-state index contributed by atoms with van der Waals surface area (Å²) in [6.45, 7) is 3.77. The number of hydrogen-bond acceptors (Lipinski definition) is 5. The van der Waals surface area contributed by atoms with Crippen molar-refractivity contribution in [2.75, 3.05) is 0 Å². The van der Waals surface area contributed by atoms with Crippen LogP contribution in [0.15, 0.2) is 60.8 Å². The molecule has 0 unspecified atom stereocenters. The minimum atomic E-state index is -1.04. The molecule has 1 atom stereocenters. The molecule has 0 spiro atoms. The third-order valence-corrected chi connectivity index (χ3v) is 3.97. The number of Topliss-reactive ketones (excluding diaryl/α,β-unsaturated/α-hetero) is 1. The largest absolute Gasteiger partial charge is 0.457 e. The smallest absolute Gasteiger partial charge is 0.209 e. The molecule has 5 nitrogen and oxygen atoms in total. The average Bonchev–Trinajstić information content (AvgIpc) is 2.69. The first kappa shape index (κ1) is 17.8. The number of aryl methyl sites for hydroxylation is 1. The normalized spacial score (nSPS) is 11.8. The van der Waals surface area contributed by atoms with E-state index in [1.54, 1.807) is 6.92 Å². The zero-order valence-electron chi connectivity index (χ0n) is 14.7. The number of hydrogen-bond donors (Lipinski definition) is 1. The zero-order chi connectivity index (χ0) is 18.5. The fourth-order valence-corrected chi connectivity index (χ4v) is 2.41. The highest BCUT2D eigenvalue weighted by Gasteiger charge is 2.17. The molecule has 3 aromatic rings. The summed E-state index contributed by atoms with van der Waals surface area (Å²) in [6, 6.07) is 16.7. The third kappa shape index (κ3) is 4.13. The Kier molecular flexibility index (Phi) is 5.39. The molecule has 1 aromatic heterocycles. The predicted octanol–water partition coefficient (Wildman–Crippen LogP) is 4.20. The maximum atomic E-state index is 12.1. The van der Waals surface area contributed by atoms with E-state index in [2.05, 4.69) is 9.97 Å². The number of ether oxygens (including phenoxy) is 1. The second-order valence-corrected chi connectivity index (χ2v) is 5.99. The summed E-state index contributed by atoms with van der Waals surface area (Å²) in [6.07, 6.45) is 0.834. The van der Waals surface area contributed by atoms with Gasteiger partial charge in [0, 0.05) is 11.8 Å². The number of carbonyl (C=O) groups is 1. The molecule has 0 bridgehead atoms. The quantitative estimate of drug-likeness (QED) is 0.676. The Labute approximate surface area is 152 Å². The first-order valence-electron chi connectivity index (χ1n) is 8.47. The van der Waals surface area contributed by atoms with Crippen LogP contribution >= 0.6 is 0 Å². The molecule has 0 aliphatic heterocycles. The summed E-state index contributed by atoms with van der Waals surface area (Å²) in [5, 5.41) is 9.71. The fraction of sp³-hybridized carbons (Fsp3) is 0.190. The standard InChI is InChI=1S/C21H20N2O3/c1-3-19(24)20(25)18-12-13-22-21(23-18)15-6-10-17(11-7-15)26-16-8-4-14(2)5-9-16/h4-13,19,24H,3H2,1-2H3/t19-/m1/s1. The van der Waals surface area contributed by atoms with E-state index in [0.29, 0.717) is 18.0 Å². The van der Waals surface area contributed by atoms with E-state index < -0.39 is 11.9 Å². The van der Waals surface area contributed by atoms with Crippen LogP contribution in [-0.4, -0.2) is 27.0 Å². The van der Waals surface area contributed by atoms with Gasteiger partial charge in [0.15, 0.2) is 5.82 Å². The Balaban J connectivity index is 1.78. The molecule has 0 aliphatic rings. The van der Waals surface area contributed by atoms with E-state index in [1.807, 2.05) is 55.5 Å². The first-order valence-corrected chi connectivity index (χ1v) is 8.47. The SMILES string of the molecule is CC[C@@H](O)C(=O)c1ccnc(-c2ccc(Oc3ccc(C)cc3)cc2)n1. The van der Waals surface area contributed by atoms with Crippen molar-refractivity contribution in [2.24, 2.45) is 0 Å². The topological polar surface area (TPSA) is 72.3 Å². The minimum Gasteiger partial charge on any atom is -0.457 e. The molecule has 132 valence electrons. The van der Waals surface area contributed by atoms with Crippen LogP contribution in [0.3, 0.4) is 0 Å². The molecule has 3 rings (SSSR count). The first-order chi connectivity index (χ1) is 12.6. The van der Waals surface area contributed by atoms with Crippen molar-refractivity contribution < 1.29 is 14.6 Å². The molecule has 0 amide bonds. The summed E-state index contributed by atoms with van der Waals surface area (Å²) in [5.74, 6) is 1.50. The van der Waals surface area contributed by atoms with Crippen LogP contribution in [0, 0.1) is 6.92 Å². The van der Waals surface area contributed by atoms with Crippen molar-refractivity contribution in [1.29, 1.82) is 0 Å². The lowest BCUT2D eigenvalue weighted by atomic mass is 10.1. The number of benzene rings is 2. The maximum Gasteiger partial charge on any atom is 0.209 e. The molecule has 26 heavy (non-hydrogen) atoms. The lowest BCUT2D eigenvalue weighted by Gasteiger charge is -2.08. The van der Waals surface area contributed by atoms with Crippen molar-refractivity contribution in [2.45, 2.75) is 26.4 Å². The van der Waals surface area contributed by atoms with Gasteiger partial charge >= 0.3 is 0 Å². The summed E-state index contributed by atoms with van der Waals surface area (Å²) in [5.41, 5.74) is 2.15. The summed E-state index contributed by atoms with van der Waals surface area (Å²) in [7, 11) is 0. The van der Waals surface area contributed by atoms with Gasteiger partial charge in [-0.1, -0.05) is 24.6 Å². The molecular formula is C21H20N2O3. The number of nitrogens with zero attached hydrogens (tertiary/aromatic N) is 2. The number of aliphatic hydroxyl groups is 1. The molecule has 1 heterocycles. The Bertz CT molecular complexity index is 890. The third-order valence-electron chi connectivity index (χ3n) is 3.97. The minimum absolute atomic E-state index is 0.212. The summed E-state index contributed by atoms with van der Waals surface area (Å²) in [4.78, 5) is 20.6. The molecule has 1 N–H and O–H groups in total. The fourth-order valence-electron chi connectivity index (χ4n) is 2.41. The molecule has 0 aliphatic carbocycles. The van der Waals surface area contributed by atoms with Gasteiger partial charge < -0.3 is 9.84 Å². The van der Waals surface area contributed by atoms with Crippen molar-refractivity contribution in [3.8, 4) is 22.9 Å². The highest BCUT2D eigenvalue weighted by Crippen LogP contribution is 2.24. The number of ketones is 1. The highest BCUT2D eigenvalue weighted by molar-refractivity contribution is 5.97. The van der Waals surface area contributed by atoms with Gasteiger partial charge in [-0.15, -0.1) is 0 Å². The van der Waals surface area contributed by atoms with Gasteiger partial charge in [0.25, 0.3) is 0 Å². The number of aromatic nitrogens is 2. The van der Waals surface area contributed by atoms with Crippen LogP contribution in [0.5, 0.6) is 11.5 Å². The van der Waals surface area contributed by atoms with E-state index in [9.17, 15) is 9.90 Å². The van der Waals surface area contributed by atoms with Gasteiger partial charge in [-0.3, -0.25) is 4.79 Å². The van der Waals surface area contributed by atoms with Gasteiger partial charge in [0.2, 0.25) is 5.78 Å². The molecule has 0 radical (unpaired) electrons. The Hall–Kier alpha value is -3.05. The van der Waals surface area contributed by atoms with Crippen LogP contribution in [0.1, 0.15) is 29.4 Å². The lowest BCUT2D eigenvalue weighted by Crippen LogP contribution is -2.20. The maximum absolute atomic E-state index is 12.1. The summed E-state index contributed by atoms with van der Waals surface area (Å²) < 4.78 is 5.80. The van der Waals surface area contributed by atoms with Gasteiger partial charge in [0.05, 0.1) is 0 Å². The Morgan fingerprint density at radius 2 is 1.65 bits per heavy atom. The molecule has 2 aromatic carbocycles. The van der Waals surface area contributed by atoms with Gasteiger partial charge in [-0.25, -0.2) is 9.97 Å². The monoisotopic (exact) mass is 348 g/mol. The van der Waals surface area contributed by atoms with E-state index in [-0.39, 0.29) is 5.69 Å². The van der Waals surface area contributed by atoms with E-state index in [0.717, 1.165) is 11.3 Å². The van der Waals surface area contributed by atoms with Crippen LogP contribution < -0.4 is 4.74 Å². The van der Waals surface area contributed by atoms with Gasteiger partial charge in [-0.05, 0) is 55.8 Å².